The summed E-state index contributed by atoms with van der Waals surface area (Å²) in [7, 11) is 8.14. The maximum atomic E-state index is 4.66. The van der Waals surface area contributed by atoms with Crippen molar-refractivity contribution in [2.24, 2.45) is 10.2 Å². The van der Waals surface area contributed by atoms with Crippen LogP contribution in [-0.4, -0.2) is 45.3 Å². The highest BCUT2D eigenvalue weighted by Gasteiger charge is 2.20. The number of nitrogens with zero attached hydrogens (tertiary/aromatic N) is 6. The van der Waals surface area contributed by atoms with Crippen molar-refractivity contribution in [2.45, 2.75) is 19.8 Å². The molecule has 0 aliphatic carbocycles. The van der Waals surface area contributed by atoms with E-state index < -0.39 is 0 Å². The molecule has 0 aliphatic heterocycles. The molecular weight excluding hydrogens is 372 g/mol. The van der Waals surface area contributed by atoms with Gasteiger partial charge in [-0.05, 0) is 35.4 Å². The van der Waals surface area contributed by atoms with E-state index in [4.69, 9.17) is 0 Å². The Kier molecular flexibility index (Phi) is 6.67. The van der Waals surface area contributed by atoms with Gasteiger partial charge in [0.25, 0.3) is 0 Å². The van der Waals surface area contributed by atoms with Crippen LogP contribution < -0.4 is 14.5 Å². The van der Waals surface area contributed by atoms with Gasteiger partial charge in [0.05, 0.1) is 18.3 Å². The smallest absolute Gasteiger partial charge is 0.310 e. The molecule has 0 fully saturated rings. The first-order valence-electron chi connectivity index (χ1n) is 10.1. The fourth-order valence-electron chi connectivity index (χ4n) is 3.08. The third kappa shape index (κ3) is 5.14. The molecule has 0 spiro atoms. The molecule has 0 unspecified atom stereocenters. The van der Waals surface area contributed by atoms with Gasteiger partial charge in [0.1, 0.15) is 0 Å². The maximum Gasteiger partial charge on any atom is 0.310 e. The Hall–Kier alpha value is -3.41. The molecule has 0 radical (unpaired) electrons. The van der Waals surface area contributed by atoms with Crippen molar-refractivity contribution in [1.29, 1.82) is 0 Å². The third-order valence-electron chi connectivity index (χ3n) is 4.82. The van der Waals surface area contributed by atoms with Crippen LogP contribution in [-0.2, 0) is 0 Å². The summed E-state index contributed by atoms with van der Waals surface area (Å²) in [4.78, 5) is 4.16. The molecule has 156 valence electrons. The highest BCUT2D eigenvalue weighted by Crippen LogP contribution is 2.13. The van der Waals surface area contributed by atoms with E-state index in [9.17, 15) is 0 Å². The zero-order valence-electron chi connectivity index (χ0n) is 18.7. The van der Waals surface area contributed by atoms with Gasteiger partial charge in [-0.2, -0.15) is 0 Å². The Balaban J connectivity index is 1.80. The van der Waals surface area contributed by atoms with Crippen LogP contribution in [0.15, 0.2) is 71.1 Å². The lowest BCUT2D eigenvalue weighted by Gasteiger charge is -2.11. The molecule has 0 aliphatic rings. The molecule has 0 saturated heterocycles. The fraction of sp³-hybridized carbons (Fsp3) is 0.292. The van der Waals surface area contributed by atoms with Gasteiger partial charge < -0.3 is 9.80 Å². The van der Waals surface area contributed by atoms with Crippen LogP contribution in [0.4, 0.5) is 11.4 Å². The largest absolute Gasteiger partial charge is 0.378 e. The predicted molar refractivity (Wildman–Crippen MR) is 126 cm³/mol. The normalized spacial score (nSPS) is 11.7. The van der Waals surface area contributed by atoms with E-state index in [0.29, 0.717) is 0 Å². The van der Waals surface area contributed by atoms with E-state index in [2.05, 4.69) is 82.4 Å². The van der Waals surface area contributed by atoms with Gasteiger partial charge in [0.2, 0.25) is 0 Å². The minimum absolute atomic E-state index is 0.265. The second kappa shape index (κ2) is 9.39. The summed E-state index contributed by atoms with van der Waals surface area (Å²) in [6.07, 6.45) is 7.62. The van der Waals surface area contributed by atoms with Crippen molar-refractivity contribution < 1.29 is 4.68 Å². The molecule has 30 heavy (non-hydrogen) atoms. The number of benzene rings is 2. The average Bonchev–Trinajstić information content (AvgIpc) is 3.14. The molecule has 0 N–H and O–H groups in total. The first-order chi connectivity index (χ1) is 14.3. The van der Waals surface area contributed by atoms with E-state index in [1.54, 1.807) is 0 Å². The lowest BCUT2D eigenvalue weighted by Crippen LogP contribution is -2.32. The van der Waals surface area contributed by atoms with E-state index in [1.165, 1.54) is 11.4 Å². The Morgan fingerprint density at radius 2 is 1.30 bits per heavy atom. The summed E-state index contributed by atoms with van der Waals surface area (Å²) in [5, 5.41) is 9.31. The third-order valence-corrected chi connectivity index (χ3v) is 4.82. The van der Waals surface area contributed by atoms with E-state index in [-0.39, 0.29) is 5.92 Å². The van der Waals surface area contributed by atoms with Crippen LogP contribution in [0.3, 0.4) is 0 Å². The van der Waals surface area contributed by atoms with Crippen molar-refractivity contribution >= 4 is 23.8 Å². The SMILES string of the molecule is CC(C)c1n(/N=C/c2ccc(N(C)C)cc2)cc[n+]1/N=C/c1ccc(N(C)C)cc1. The van der Waals surface area contributed by atoms with Crippen LogP contribution in [0.1, 0.15) is 36.7 Å². The van der Waals surface area contributed by atoms with Crippen molar-refractivity contribution in [3.63, 3.8) is 0 Å². The predicted octanol–water partition coefficient (Wildman–Crippen LogP) is 3.80. The van der Waals surface area contributed by atoms with Gasteiger partial charge in [0, 0.05) is 39.6 Å². The van der Waals surface area contributed by atoms with Crippen LogP contribution in [0.5, 0.6) is 0 Å². The molecule has 0 amide bonds. The molecule has 2 aromatic carbocycles. The van der Waals surface area contributed by atoms with Crippen molar-refractivity contribution in [2.75, 3.05) is 38.0 Å². The molecular formula is C24H31N6+. The minimum atomic E-state index is 0.265. The molecule has 3 rings (SSSR count). The molecule has 0 atom stereocenters. The quantitative estimate of drug-likeness (QED) is 0.445. The fourth-order valence-corrected chi connectivity index (χ4v) is 3.08. The number of anilines is 2. The summed E-state index contributed by atoms with van der Waals surface area (Å²) < 4.78 is 3.77. The van der Waals surface area contributed by atoms with Gasteiger partial charge in [-0.15, -0.1) is 9.35 Å². The van der Waals surface area contributed by atoms with Gasteiger partial charge in [-0.1, -0.05) is 48.3 Å². The number of hydrogen-bond acceptors (Lipinski definition) is 4. The van der Waals surface area contributed by atoms with Gasteiger partial charge in [-0.3, -0.25) is 0 Å². The summed E-state index contributed by atoms with van der Waals surface area (Å²) in [5.41, 5.74) is 4.45. The summed E-state index contributed by atoms with van der Waals surface area (Å²) in [6, 6.07) is 16.6. The van der Waals surface area contributed by atoms with E-state index >= 15 is 0 Å². The lowest BCUT2D eigenvalue weighted by atomic mass is 10.2. The van der Waals surface area contributed by atoms with Crippen LogP contribution in [0, 0.1) is 0 Å². The lowest BCUT2D eigenvalue weighted by molar-refractivity contribution is -0.686. The summed E-state index contributed by atoms with van der Waals surface area (Å²) in [5.74, 6) is 1.28. The topological polar surface area (TPSA) is 40.0 Å². The Bertz CT molecular complexity index is 930. The van der Waals surface area contributed by atoms with Crippen molar-refractivity contribution in [3.05, 3.63) is 77.9 Å². The highest BCUT2D eigenvalue weighted by atomic mass is 15.5. The van der Waals surface area contributed by atoms with Gasteiger partial charge >= 0.3 is 5.82 Å². The summed E-state index contributed by atoms with van der Waals surface area (Å²) >= 11 is 0. The van der Waals surface area contributed by atoms with Crippen molar-refractivity contribution in [3.8, 4) is 0 Å². The van der Waals surface area contributed by atoms with Crippen LogP contribution in [0.25, 0.3) is 0 Å². The van der Waals surface area contributed by atoms with Gasteiger partial charge in [0.15, 0.2) is 12.4 Å². The van der Waals surface area contributed by atoms with Gasteiger partial charge in [-0.25, -0.2) is 0 Å². The zero-order chi connectivity index (χ0) is 21.7. The van der Waals surface area contributed by atoms with E-state index in [0.717, 1.165) is 17.0 Å². The zero-order valence-corrected chi connectivity index (χ0v) is 18.7. The number of imidazole rings is 1. The molecule has 0 saturated carbocycles. The molecule has 6 nitrogen and oxygen atoms in total. The molecule has 1 aromatic heterocycles. The summed E-state index contributed by atoms with van der Waals surface area (Å²) in [6.45, 7) is 4.29. The molecule has 0 bridgehead atoms. The Morgan fingerprint density at radius 3 is 1.77 bits per heavy atom. The minimum Gasteiger partial charge on any atom is -0.378 e. The highest BCUT2D eigenvalue weighted by molar-refractivity contribution is 5.80. The Morgan fingerprint density at radius 1 is 0.800 bits per heavy atom. The second-order valence-corrected chi connectivity index (χ2v) is 7.96. The molecule has 3 aromatic rings. The second-order valence-electron chi connectivity index (χ2n) is 7.96. The first kappa shape index (κ1) is 21.3. The number of hydrogen-bond donors (Lipinski definition) is 0. The molecule has 1 heterocycles. The number of aromatic nitrogens is 2. The van der Waals surface area contributed by atoms with Crippen LogP contribution in [0.2, 0.25) is 0 Å². The first-order valence-corrected chi connectivity index (χ1v) is 10.1. The van der Waals surface area contributed by atoms with Crippen molar-refractivity contribution in [1.82, 2.24) is 4.68 Å². The van der Waals surface area contributed by atoms with E-state index in [1.807, 2.05) is 62.4 Å². The Labute approximate surface area is 179 Å². The number of rotatable bonds is 7. The van der Waals surface area contributed by atoms with Crippen LogP contribution >= 0.6 is 0 Å². The monoisotopic (exact) mass is 403 g/mol. The maximum absolute atomic E-state index is 4.66. The standard InChI is InChI=1S/C24H31N6/c1-19(2)24-29(25-17-20-7-11-22(12-8-20)27(3)4)15-16-30(24)26-18-21-9-13-23(14-10-21)28(5)6/h7-19H,1-6H3/q+1/b25-17+,26-18+. The average molecular weight is 404 g/mol. The molecule has 6 heteroatoms.